The molecule has 0 aliphatic rings. The first kappa shape index (κ1) is 12.7. The number of aryl methyl sites for hydroxylation is 1. The van der Waals surface area contributed by atoms with Crippen LogP contribution in [0.15, 0.2) is 0 Å². The first-order valence-electron chi connectivity index (χ1n) is 4.33. The molecule has 0 atom stereocenters. The van der Waals surface area contributed by atoms with Crippen LogP contribution < -0.4 is 0 Å². The molecule has 4 nitrogen and oxygen atoms in total. The molecule has 0 saturated carbocycles. The van der Waals surface area contributed by atoms with Crippen molar-refractivity contribution in [3.63, 3.8) is 0 Å². The van der Waals surface area contributed by atoms with Gasteiger partial charge in [-0.05, 0) is 6.92 Å². The van der Waals surface area contributed by atoms with Gasteiger partial charge in [-0.2, -0.15) is 13.2 Å². The Morgan fingerprint density at radius 1 is 1.12 bits per heavy atom. The van der Waals surface area contributed by atoms with Crippen molar-refractivity contribution in [1.82, 2.24) is 4.98 Å². The van der Waals surface area contributed by atoms with Gasteiger partial charge in [-0.25, -0.2) is 4.98 Å². The Morgan fingerprint density at radius 3 is 2.00 bits per heavy atom. The largest absolute Gasteiger partial charge is 0.506 e. The summed E-state index contributed by atoms with van der Waals surface area (Å²) in [6, 6.07) is 0. The number of nitrogens with zero attached hydrogens (tertiary/aromatic N) is 1. The van der Waals surface area contributed by atoms with Crippen molar-refractivity contribution in [3.8, 4) is 5.75 Å². The summed E-state index contributed by atoms with van der Waals surface area (Å²) in [5.41, 5.74) is -2.47. The highest BCUT2D eigenvalue weighted by Crippen LogP contribution is 2.36. The van der Waals surface area contributed by atoms with Gasteiger partial charge in [-0.15, -0.1) is 0 Å². The number of aromatic nitrogens is 1. The van der Waals surface area contributed by atoms with Gasteiger partial charge in [-0.1, -0.05) is 0 Å². The summed E-state index contributed by atoms with van der Waals surface area (Å²) in [6.45, 7) is -0.565. The molecular formula is C9H10F3NO3. The minimum atomic E-state index is -4.74. The predicted octanol–water partition coefficient (Wildman–Crippen LogP) is 1.10. The number of aliphatic hydroxyl groups excluding tert-OH is 2. The van der Waals surface area contributed by atoms with Gasteiger partial charge in [-0.3, -0.25) is 0 Å². The first-order chi connectivity index (χ1) is 7.32. The molecule has 7 heteroatoms. The minimum Gasteiger partial charge on any atom is -0.506 e. The molecule has 0 spiro atoms. The molecule has 0 unspecified atom stereocenters. The van der Waals surface area contributed by atoms with Gasteiger partial charge in [0.1, 0.15) is 5.75 Å². The number of halogens is 3. The monoisotopic (exact) mass is 237 g/mol. The van der Waals surface area contributed by atoms with Crippen LogP contribution in [0, 0.1) is 6.92 Å². The second kappa shape index (κ2) is 4.26. The predicted molar refractivity (Wildman–Crippen MR) is 47.5 cm³/mol. The van der Waals surface area contributed by atoms with E-state index in [1.165, 1.54) is 6.92 Å². The molecule has 0 radical (unpaired) electrons. The third-order valence-electron chi connectivity index (χ3n) is 2.14. The number of aliphatic hydroxyl groups is 2. The van der Waals surface area contributed by atoms with Crippen molar-refractivity contribution in [2.75, 3.05) is 0 Å². The van der Waals surface area contributed by atoms with E-state index in [9.17, 15) is 18.3 Å². The van der Waals surface area contributed by atoms with Crippen LogP contribution in [0.25, 0.3) is 0 Å². The highest BCUT2D eigenvalue weighted by molar-refractivity contribution is 5.44. The lowest BCUT2D eigenvalue weighted by atomic mass is 10.0. The molecule has 0 amide bonds. The standard InChI is InChI=1S/C9H10F3NO3/c1-4-7(16)5(2-14)6(3-15)8(13-4)9(10,11)12/h14-16H,2-3H2,1H3. The number of pyridine rings is 1. The molecule has 0 aromatic carbocycles. The molecule has 1 rings (SSSR count). The third kappa shape index (κ3) is 2.10. The van der Waals surface area contributed by atoms with Crippen molar-refractivity contribution in [3.05, 3.63) is 22.5 Å². The molecule has 0 saturated heterocycles. The average molecular weight is 237 g/mol. The number of alkyl halides is 3. The zero-order valence-corrected chi connectivity index (χ0v) is 8.34. The molecule has 3 N–H and O–H groups in total. The minimum absolute atomic E-state index is 0.242. The molecule has 16 heavy (non-hydrogen) atoms. The van der Waals surface area contributed by atoms with Gasteiger partial charge in [0.05, 0.1) is 18.9 Å². The molecule has 90 valence electrons. The molecule has 1 heterocycles. The fraction of sp³-hybridized carbons (Fsp3) is 0.444. The zero-order valence-electron chi connectivity index (χ0n) is 8.34. The van der Waals surface area contributed by atoms with Gasteiger partial charge in [0.15, 0.2) is 5.69 Å². The van der Waals surface area contributed by atoms with E-state index < -0.39 is 36.4 Å². The quantitative estimate of drug-likeness (QED) is 0.720. The van der Waals surface area contributed by atoms with E-state index in [1.807, 2.05) is 0 Å². The van der Waals surface area contributed by atoms with E-state index in [2.05, 4.69) is 4.98 Å². The Labute approximate surface area is 89.0 Å². The van der Waals surface area contributed by atoms with Crippen LogP contribution in [-0.4, -0.2) is 20.3 Å². The fourth-order valence-corrected chi connectivity index (χ4v) is 1.37. The summed E-state index contributed by atoms with van der Waals surface area (Å²) in [5.74, 6) is -0.528. The Kier molecular flexibility index (Phi) is 3.39. The van der Waals surface area contributed by atoms with Crippen LogP contribution in [0.1, 0.15) is 22.5 Å². The maximum absolute atomic E-state index is 12.5. The van der Waals surface area contributed by atoms with E-state index >= 15 is 0 Å². The van der Waals surface area contributed by atoms with Gasteiger partial charge >= 0.3 is 6.18 Å². The van der Waals surface area contributed by atoms with E-state index in [0.29, 0.717) is 0 Å². The topological polar surface area (TPSA) is 73.6 Å². The molecule has 1 aromatic heterocycles. The van der Waals surface area contributed by atoms with Gasteiger partial charge < -0.3 is 15.3 Å². The highest BCUT2D eigenvalue weighted by atomic mass is 19.4. The van der Waals surface area contributed by atoms with Crippen LogP contribution in [0.4, 0.5) is 13.2 Å². The van der Waals surface area contributed by atoms with Crippen molar-refractivity contribution >= 4 is 0 Å². The summed E-state index contributed by atoms with van der Waals surface area (Å²) in [4.78, 5) is 3.18. The van der Waals surface area contributed by atoms with Gasteiger partial charge in [0.2, 0.25) is 0 Å². The molecule has 0 aliphatic heterocycles. The Morgan fingerprint density at radius 2 is 1.62 bits per heavy atom. The van der Waals surface area contributed by atoms with E-state index in [4.69, 9.17) is 10.2 Å². The summed E-state index contributed by atoms with van der Waals surface area (Å²) < 4.78 is 37.6. The van der Waals surface area contributed by atoms with Crippen LogP contribution in [0.5, 0.6) is 5.75 Å². The summed E-state index contributed by atoms with van der Waals surface area (Å²) in [6.07, 6.45) is -4.74. The highest BCUT2D eigenvalue weighted by Gasteiger charge is 2.37. The smallest absolute Gasteiger partial charge is 0.433 e. The Balaban J connectivity index is 3.57. The van der Waals surface area contributed by atoms with Crippen LogP contribution >= 0.6 is 0 Å². The molecular weight excluding hydrogens is 227 g/mol. The van der Waals surface area contributed by atoms with Crippen LogP contribution in [0.2, 0.25) is 0 Å². The third-order valence-corrected chi connectivity index (χ3v) is 2.14. The number of aromatic hydroxyl groups is 1. The van der Waals surface area contributed by atoms with Crippen LogP contribution in [-0.2, 0) is 19.4 Å². The second-order valence-corrected chi connectivity index (χ2v) is 3.17. The van der Waals surface area contributed by atoms with Crippen molar-refractivity contribution in [2.45, 2.75) is 26.3 Å². The van der Waals surface area contributed by atoms with E-state index in [1.54, 1.807) is 0 Å². The molecule has 0 aliphatic carbocycles. The normalized spacial score (nSPS) is 11.9. The summed E-state index contributed by atoms with van der Waals surface area (Å²) in [7, 11) is 0. The van der Waals surface area contributed by atoms with Gasteiger partial charge in [0.25, 0.3) is 0 Å². The van der Waals surface area contributed by atoms with Crippen molar-refractivity contribution < 1.29 is 28.5 Å². The summed E-state index contributed by atoms with van der Waals surface area (Å²) >= 11 is 0. The Hall–Kier alpha value is -1.34. The number of hydrogen-bond donors (Lipinski definition) is 3. The molecule has 1 aromatic rings. The second-order valence-electron chi connectivity index (χ2n) is 3.17. The lowest BCUT2D eigenvalue weighted by molar-refractivity contribution is -0.142. The number of hydrogen-bond acceptors (Lipinski definition) is 4. The van der Waals surface area contributed by atoms with E-state index in [-0.39, 0.29) is 11.3 Å². The lowest BCUT2D eigenvalue weighted by Crippen LogP contribution is -2.15. The summed E-state index contributed by atoms with van der Waals surface area (Å²) in [5, 5.41) is 27.1. The van der Waals surface area contributed by atoms with Gasteiger partial charge in [0, 0.05) is 11.1 Å². The van der Waals surface area contributed by atoms with Crippen molar-refractivity contribution in [2.24, 2.45) is 0 Å². The molecule has 0 fully saturated rings. The van der Waals surface area contributed by atoms with E-state index in [0.717, 1.165) is 0 Å². The first-order valence-corrected chi connectivity index (χ1v) is 4.33. The van der Waals surface area contributed by atoms with Crippen LogP contribution in [0.3, 0.4) is 0 Å². The lowest BCUT2D eigenvalue weighted by Gasteiger charge is -2.16. The average Bonchev–Trinajstić information content (AvgIpc) is 2.19. The fourth-order valence-electron chi connectivity index (χ4n) is 1.37. The van der Waals surface area contributed by atoms with Crippen molar-refractivity contribution in [1.29, 1.82) is 0 Å². The number of rotatable bonds is 2. The maximum Gasteiger partial charge on any atom is 0.433 e. The molecule has 0 bridgehead atoms. The maximum atomic E-state index is 12.5. The Bertz CT molecular complexity index is 404. The zero-order chi connectivity index (χ0) is 12.5. The SMILES string of the molecule is Cc1nc(C(F)(F)F)c(CO)c(CO)c1O.